The fourth-order valence-corrected chi connectivity index (χ4v) is 2.14. The summed E-state index contributed by atoms with van der Waals surface area (Å²) in [5.41, 5.74) is 0.472. The Morgan fingerprint density at radius 1 is 1.39 bits per heavy atom. The Labute approximate surface area is 111 Å². The molecule has 1 aromatic rings. The lowest BCUT2D eigenvalue weighted by atomic mass is 10.1. The molecule has 1 atom stereocenters. The maximum atomic E-state index is 12.0. The lowest BCUT2D eigenvalue weighted by molar-refractivity contribution is -0.122. The monoisotopic (exact) mass is 266 g/mol. The minimum Gasteiger partial charge on any atom is -0.354 e. The van der Waals surface area contributed by atoms with E-state index in [9.17, 15) is 9.59 Å². The van der Waals surface area contributed by atoms with Crippen LogP contribution in [-0.2, 0) is 4.79 Å². The molecule has 2 N–H and O–H groups in total. The van der Waals surface area contributed by atoms with Crippen molar-refractivity contribution in [1.29, 1.82) is 0 Å². The van der Waals surface area contributed by atoms with Crippen LogP contribution in [0.2, 0.25) is 5.02 Å². The number of benzene rings is 1. The van der Waals surface area contributed by atoms with E-state index in [1.807, 2.05) is 0 Å². The second-order valence-corrected chi connectivity index (χ2v) is 4.76. The van der Waals surface area contributed by atoms with Crippen LogP contribution in [-0.4, -0.2) is 24.4 Å². The number of nitrogens with one attached hydrogen (secondary N) is 2. The van der Waals surface area contributed by atoms with Crippen molar-refractivity contribution in [1.82, 2.24) is 10.6 Å². The van der Waals surface area contributed by atoms with Crippen LogP contribution in [0.3, 0.4) is 0 Å². The molecule has 1 unspecified atom stereocenters. The number of hydrogen-bond donors (Lipinski definition) is 2. The highest BCUT2D eigenvalue weighted by molar-refractivity contribution is 6.31. The van der Waals surface area contributed by atoms with Crippen LogP contribution in [0, 0.1) is 0 Å². The average Bonchev–Trinajstić information content (AvgIpc) is 2.55. The standard InChI is InChI=1S/C13H15ClN2O2/c14-10-5-3-4-9(8-10)12(17)16-11-6-1-2-7-15-13(11)18/h3-5,8,11H,1-2,6-7H2,(H,15,18)(H,16,17). The van der Waals surface area contributed by atoms with Gasteiger partial charge in [-0.25, -0.2) is 0 Å². The summed E-state index contributed by atoms with van der Waals surface area (Å²) in [7, 11) is 0. The minimum atomic E-state index is -0.445. The lowest BCUT2D eigenvalue weighted by Gasteiger charge is -2.15. The van der Waals surface area contributed by atoms with Crippen LogP contribution in [0.5, 0.6) is 0 Å². The molecule has 1 fully saturated rings. The topological polar surface area (TPSA) is 58.2 Å². The Bertz CT molecular complexity index is 462. The Kier molecular flexibility index (Phi) is 4.20. The molecule has 18 heavy (non-hydrogen) atoms. The van der Waals surface area contributed by atoms with Gasteiger partial charge < -0.3 is 10.6 Å². The van der Waals surface area contributed by atoms with Gasteiger partial charge in [0.2, 0.25) is 5.91 Å². The highest BCUT2D eigenvalue weighted by Gasteiger charge is 2.22. The van der Waals surface area contributed by atoms with Crippen molar-refractivity contribution in [3.05, 3.63) is 34.9 Å². The van der Waals surface area contributed by atoms with Crippen molar-refractivity contribution in [3.63, 3.8) is 0 Å². The van der Waals surface area contributed by atoms with Crippen LogP contribution >= 0.6 is 11.6 Å². The minimum absolute atomic E-state index is 0.108. The first-order valence-electron chi connectivity index (χ1n) is 6.01. The Hall–Kier alpha value is -1.55. The van der Waals surface area contributed by atoms with E-state index in [1.54, 1.807) is 24.3 Å². The highest BCUT2D eigenvalue weighted by Crippen LogP contribution is 2.12. The Balaban J connectivity index is 2.04. The van der Waals surface area contributed by atoms with Gasteiger partial charge in [0, 0.05) is 17.1 Å². The quantitative estimate of drug-likeness (QED) is 0.857. The molecule has 1 aliphatic heterocycles. The summed E-state index contributed by atoms with van der Waals surface area (Å²) in [6, 6.07) is 6.24. The molecule has 0 spiro atoms. The van der Waals surface area contributed by atoms with E-state index in [2.05, 4.69) is 10.6 Å². The molecule has 0 aromatic heterocycles. The number of rotatable bonds is 2. The molecular weight excluding hydrogens is 252 g/mol. The van der Waals surface area contributed by atoms with Crippen molar-refractivity contribution in [2.75, 3.05) is 6.54 Å². The average molecular weight is 267 g/mol. The van der Waals surface area contributed by atoms with E-state index >= 15 is 0 Å². The third-order valence-electron chi connectivity index (χ3n) is 2.93. The zero-order valence-corrected chi connectivity index (χ0v) is 10.7. The number of hydrogen-bond acceptors (Lipinski definition) is 2. The molecule has 0 bridgehead atoms. The van der Waals surface area contributed by atoms with Gasteiger partial charge in [-0.3, -0.25) is 9.59 Å². The highest BCUT2D eigenvalue weighted by atomic mass is 35.5. The summed E-state index contributed by atoms with van der Waals surface area (Å²) >= 11 is 5.83. The number of carbonyl (C=O) groups excluding carboxylic acids is 2. The molecule has 2 amide bonds. The van der Waals surface area contributed by atoms with Crippen molar-refractivity contribution in [2.45, 2.75) is 25.3 Å². The van der Waals surface area contributed by atoms with E-state index in [4.69, 9.17) is 11.6 Å². The molecule has 1 heterocycles. The number of halogens is 1. The largest absolute Gasteiger partial charge is 0.354 e. The molecule has 0 radical (unpaired) electrons. The number of amides is 2. The van der Waals surface area contributed by atoms with E-state index in [0.29, 0.717) is 23.6 Å². The maximum Gasteiger partial charge on any atom is 0.251 e. The van der Waals surface area contributed by atoms with Crippen LogP contribution in [0.15, 0.2) is 24.3 Å². The first-order valence-corrected chi connectivity index (χ1v) is 6.39. The zero-order chi connectivity index (χ0) is 13.0. The molecule has 1 saturated heterocycles. The van der Waals surface area contributed by atoms with E-state index < -0.39 is 6.04 Å². The Morgan fingerprint density at radius 2 is 2.22 bits per heavy atom. The number of carbonyl (C=O) groups is 2. The first kappa shape index (κ1) is 12.9. The molecular formula is C13H15ClN2O2. The predicted molar refractivity (Wildman–Crippen MR) is 69.6 cm³/mol. The second-order valence-electron chi connectivity index (χ2n) is 4.32. The molecule has 96 valence electrons. The second kappa shape index (κ2) is 5.87. The van der Waals surface area contributed by atoms with Gasteiger partial charge in [-0.1, -0.05) is 17.7 Å². The SMILES string of the molecule is O=C(NC1CCCCNC1=O)c1cccc(Cl)c1. The lowest BCUT2D eigenvalue weighted by Crippen LogP contribution is -2.45. The molecule has 0 aliphatic carbocycles. The summed E-state index contributed by atoms with van der Waals surface area (Å²) in [5.74, 6) is -0.373. The molecule has 5 heteroatoms. The molecule has 1 aromatic carbocycles. The van der Waals surface area contributed by atoms with Crippen LogP contribution in [0.1, 0.15) is 29.6 Å². The van der Waals surface area contributed by atoms with Crippen molar-refractivity contribution in [3.8, 4) is 0 Å². The third kappa shape index (κ3) is 3.23. The van der Waals surface area contributed by atoms with Gasteiger partial charge in [0.15, 0.2) is 0 Å². The van der Waals surface area contributed by atoms with E-state index in [0.717, 1.165) is 12.8 Å². The Morgan fingerprint density at radius 3 is 3.00 bits per heavy atom. The van der Waals surface area contributed by atoms with Gasteiger partial charge in [-0.2, -0.15) is 0 Å². The summed E-state index contributed by atoms with van der Waals surface area (Å²) in [6.45, 7) is 0.683. The van der Waals surface area contributed by atoms with Gasteiger partial charge in [0.25, 0.3) is 5.91 Å². The first-order chi connectivity index (χ1) is 8.66. The summed E-state index contributed by atoms with van der Waals surface area (Å²) in [5, 5.41) is 6.03. The maximum absolute atomic E-state index is 12.0. The van der Waals surface area contributed by atoms with Crippen molar-refractivity contribution in [2.24, 2.45) is 0 Å². The van der Waals surface area contributed by atoms with Gasteiger partial charge in [-0.15, -0.1) is 0 Å². The smallest absolute Gasteiger partial charge is 0.251 e. The molecule has 1 aliphatic rings. The van der Waals surface area contributed by atoms with Gasteiger partial charge in [0.05, 0.1) is 0 Å². The fraction of sp³-hybridized carbons (Fsp3) is 0.385. The van der Waals surface area contributed by atoms with Crippen LogP contribution in [0.25, 0.3) is 0 Å². The summed E-state index contributed by atoms with van der Waals surface area (Å²) < 4.78 is 0. The van der Waals surface area contributed by atoms with Gasteiger partial charge >= 0.3 is 0 Å². The fourth-order valence-electron chi connectivity index (χ4n) is 1.95. The summed E-state index contributed by atoms with van der Waals surface area (Å²) in [4.78, 5) is 23.7. The van der Waals surface area contributed by atoms with Crippen LogP contribution < -0.4 is 10.6 Å². The van der Waals surface area contributed by atoms with E-state index in [-0.39, 0.29) is 11.8 Å². The predicted octanol–water partition coefficient (Wildman–Crippen LogP) is 1.74. The molecule has 0 saturated carbocycles. The van der Waals surface area contributed by atoms with Gasteiger partial charge in [0.1, 0.15) is 6.04 Å². The molecule has 4 nitrogen and oxygen atoms in total. The normalized spacial score (nSPS) is 19.8. The van der Waals surface area contributed by atoms with Crippen LogP contribution in [0.4, 0.5) is 0 Å². The third-order valence-corrected chi connectivity index (χ3v) is 3.16. The van der Waals surface area contributed by atoms with Crippen molar-refractivity contribution >= 4 is 23.4 Å². The van der Waals surface area contributed by atoms with E-state index in [1.165, 1.54) is 0 Å². The van der Waals surface area contributed by atoms with Crippen molar-refractivity contribution < 1.29 is 9.59 Å². The molecule has 2 rings (SSSR count). The van der Waals surface area contributed by atoms with Gasteiger partial charge in [-0.05, 0) is 37.5 Å². The summed E-state index contributed by atoms with van der Waals surface area (Å²) in [6.07, 6.45) is 2.56. The zero-order valence-electron chi connectivity index (χ0n) is 9.91.